The van der Waals surface area contributed by atoms with Crippen molar-refractivity contribution in [3.05, 3.63) is 36.5 Å². The Balaban J connectivity index is 2.29. The van der Waals surface area contributed by atoms with E-state index < -0.39 is 0 Å². The Labute approximate surface area is 88.0 Å². The zero-order chi connectivity index (χ0) is 10.7. The van der Waals surface area contributed by atoms with Gasteiger partial charge < -0.3 is 15.6 Å². The number of rotatable bonds is 3. The molecule has 0 radical (unpaired) electrons. The largest absolute Gasteiger partial charge is 0.366 e. The second kappa shape index (κ2) is 4.10. The Morgan fingerprint density at radius 3 is 3.00 bits per heavy atom. The van der Waals surface area contributed by atoms with Gasteiger partial charge in [0.15, 0.2) is 0 Å². The molecule has 0 aliphatic rings. The molecule has 0 fully saturated rings. The van der Waals surface area contributed by atoms with Gasteiger partial charge in [0, 0.05) is 25.6 Å². The fourth-order valence-electron chi connectivity index (χ4n) is 1.33. The van der Waals surface area contributed by atoms with Crippen molar-refractivity contribution in [1.29, 1.82) is 0 Å². The van der Waals surface area contributed by atoms with Gasteiger partial charge in [0.05, 0.1) is 12.2 Å². The normalized spacial score (nSPS) is 10.3. The lowest BCUT2D eigenvalue weighted by Crippen LogP contribution is -2.13. The average molecular weight is 203 g/mol. The van der Waals surface area contributed by atoms with Gasteiger partial charge in [0.1, 0.15) is 11.6 Å². The van der Waals surface area contributed by atoms with E-state index >= 15 is 0 Å². The van der Waals surface area contributed by atoms with Crippen LogP contribution in [0.2, 0.25) is 0 Å². The maximum absolute atomic E-state index is 5.49. The molecule has 0 spiro atoms. The number of anilines is 2. The second-order valence-electron chi connectivity index (χ2n) is 3.16. The van der Waals surface area contributed by atoms with Gasteiger partial charge in [-0.15, -0.1) is 0 Å². The molecule has 2 heterocycles. The molecule has 2 aromatic heterocycles. The number of nitrogens with two attached hydrogens (primary N) is 1. The van der Waals surface area contributed by atoms with E-state index in [1.54, 1.807) is 6.20 Å². The zero-order valence-electron chi connectivity index (χ0n) is 8.51. The molecule has 2 aromatic rings. The van der Waals surface area contributed by atoms with E-state index in [0.29, 0.717) is 12.4 Å². The van der Waals surface area contributed by atoms with Gasteiger partial charge in [-0.2, -0.15) is 0 Å². The maximum Gasteiger partial charge on any atom is 0.144 e. The van der Waals surface area contributed by atoms with Crippen LogP contribution in [0.5, 0.6) is 0 Å². The average Bonchev–Trinajstić information content (AvgIpc) is 2.81. The first-order chi connectivity index (χ1) is 7.31. The van der Waals surface area contributed by atoms with Crippen molar-refractivity contribution in [2.24, 2.45) is 5.73 Å². The molecule has 5 heteroatoms. The van der Waals surface area contributed by atoms with Gasteiger partial charge in [-0.25, -0.2) is 9.97 Å². The van der Waals surface area contributed by atoms with Crippen LogP contribution < -0.4 is 10.6 Å². The van der Waals surface area contributed by atoms with E-state index in [-0.39, 0.29) is 0 Å². The Morgan fingerprint density at radius 1 is 1.47 bits per heavy atom. The van der Waals surface area contributed by atoms with Crippen molar-refractivity contribution in [2.45, 2.75) is 6.54 Å². The topological polar surface area (TPSA) is 70.8 Å². The van der Waals surface area contributed by atoms with Crippen molar-refractivity contribution >= 4 is 11.5 Å². The van der Waals surface area contributed by atoms with Gasteiger partial charge in [-0.05, 0) is 12.1 Å². The molecule has 0 amide bonds. The fraction of sp³-hybridized carbons (Fsp3) is 0.200. The molecule has 5 nitrogen and oxygen atoms in total. The lowest BCUT2D eigenvalue weighted by molar-refractivity contribution is 0.899. The summed E-state index contributed by atoms with van der Waals surface area (Å²) >= 11 is 0. The van der Waals surface area contributed by atoms with Gasteiger partial charge in [0.2, 0.25) is 0 Å². The molecule has 0 atom stereocenters. The van der Waals surface area contributed by atoms with Crippen LogP contribution in [-0.2, 0) is 6.54 Å². The quantitative estimate of drug-likeness (QED) is 0.781. The van der Waals surface area contributed by atoms with Gasteiger partial charge in [-0.1, -0.05) is 0 Å². The van der Waals surface area contributed by atoms with Crippen LogP contribution in [0.25, 0.3) is 0 Å². The van der Waals surface area contributed by atoms with E-state index in [0.717, 1.165) is 11.5 Å². The monoisotopic (exact) mass is 203 g/mol. The highest BCUT2D eigenvalue weighted by atomic mass is 15.2. The van der Waals surface area contributed by atoms with Crippen LogP contribution in [0.1, 0.15) is 5.82 Å². The highest BCUT2D eigenvalue weighted by Crippen LogP contribution is 2.19. The third-order valence-corrected chi connectivity index (χ3v) is 2.19. The van der Waals surface area contributed by atoms with E-state index in [1.807, 2.05) is 36.5 Å². The first-order valence-corrected chi connectivity index (χ1v) is 4.70. The summed E-state index contributed by atoms with van der Waals surface area (Å²) in [4.78, 5) is 13.3. The first-order valence-electron chi connectivity index (χ1n) is 4.70. The summed E-state index contributed by atoms with van der Waals surface area (Å²) in [5.74, 6) is 1.49. The molecule has 0 saturated heterocycles. The molecule has 3 N–H and O–H groups in total. The van der Waals surface area contributed by atoms with Crippen LogP contribution in [0.4, 0.5) is 11.5 Å². The molecular formula is C10H13N5. The minimum atomic E-state index is 0.356. The summed E-state index contributed by atoms with van der Waals surface area (Å²) in [6.45, 7) is 0.356. The van der Waals surface area contributed by atoms with Crippen molar-refractivity contribution in [3.63, 3.8) is 0 Å². The molecule has 78 valence electrons. The lowest BCUT2D eigenvalue weighted by Gasteiger charge is -2.16. The Kier molecular flexibility index (Phi) is 2.64. The highest BCUT2D eigenvalue weighted by Gasteiger charge is 2.05. The molecular weight excluding hydrogens is 190 g/mol. The molecule has 15 heavy (non-hydrogen) atoms. The predicted octanol–water partition coefficient (Wildman–Crippen LogP) is 1.03. The molecule has 0 aromatic carbocycles. The van der Waals surface area contributed by atoms with Crippen LogP contribution in [-0.4, -0.2) is 22.0 Å². The summed E-state index contributed by atoms with van der Waals surface area (Å²) < 4.78 is 0. The predicted molar refractivity (Wildman–Crippen MR) is 58.8 cm³/mol. The molecule has 0 aliphatic heterocycles. The second-order valence-corrected chi connectivity index (χ2v) is 3.16. The van der Waals surface area contributed by atoms with Gasteiger partial charge in [-0.3, -0.25) is 0 Å². The Morgan fingerprint density at radius 2 is 2.33 bits per heavy atom. The van der Waals surface area contributed by atoms with Crippen molar-refractivity contribution < 1.29 is 0 Å². The highest BCUT2D eigenvalue weighted by molar-refractivity contribution is 5.57. The smallest absolute Gasteiger partial charge is 0.144 e. The first kappa shape index (κ1) is 9.67. The van der Waals surface area contributed by atoms with E-state index in [2.05, 4.69) is 15.0 Å². The molecule has 0 bridgehead atoms. The summed E-state index contributed by atoms with van der Waals surface area (Å²) in [5.41, 5.74) is 6.54. The minimum Gasteiger partial charge on any atom is -0.366 e. The number of H-pyrrole nitrogens is 1. The summed E-state index contributed by atoms with van der Waals surface area (Å²) in [5, 5.41) is 0. The number of nitrogens with zero attached hydrogens (tertiary/aromatic N) is 3. The van der Waals surface area contributed by atoms with E-state index in [9.17, 15) is 0 Å². The van der Waals surface area contributed by atoms with Crippen molar-refractivity contribution in [2.75, 3.05) is 11.9 Å². The van der Waals surface area contributed by atoms with Crippen LogP contribution in [0.3, 0.4) is 0 Å². The van der Waals surface area contributed by atoms with Gasteiger partial charge >= 0.3 is 0 Å². The number of aromatic amines is 1. The van der Waals surface area contributed by atoms with Gasteiger partial charge in [0.25, 0.3) is 0 Å². The van der Waals surface area contributed by atoms with E-state index in [1.165, 1.54) is 0 Å². The fourth-order valence-corrected chi connectivity index (χ4v) is 1.33. The Bertz CT molecular complexity index is 423. The van der Waals surface area contributed by atoms with Crippen LogP contribution >= 0.6 is 0 Å². The zero-order valence-corrected chi connectivity index (χ0v) is 8.51. The standard InChI is InChI=1S/C10H13N5/c1-15(8-2-4-12-7-8)10-3-5-13-9(6-11)14-10/h2-5,7,12H,6,11H2,1H3. The number of nitrogens with one attached hydrogen (secondary N) is 1. The summed E-state index contributed by atoms with van der Waals surface area (Å²) in [6.07, 6.45) is 5.49. The van der Waals surface area contributed by atoms with E-state index in [4.69, 9.17) is 5.73 Å². The number of hydrogen-bond acceptors (Lipinski definition) is 4. The van der Waals surface area contributed by atoms with Crippen LogP contribution in [0.15, 0.2) is 30.7 Å². The SMILES string of the molecule is CN(c1cc[nH]c1)c1ccnc(CN)n1. The Hall–Kier alpha value is -1.88. The third-order valence-electron chi connectivity index (χ3n) is 2.19. The van der Waals surface area contributed by atoms with Crippen molar-refractivity contribution in [1.82, 2.24) is 15.0 Å². The molecule has 0 unspecified atom stereocenters. The molecule has 0 aliphatic carbocycles. The van der Waals surface area contributed by atoms with Crippen LogP contribution in [0, 0.1) is 0 Å². The third kappa shape index (κ3) is 1.97. The maximum atomic E-state index is 5.49. The summed E-state index contributed by atoms with van der Waals surface area (Å²) in [6, 6.07) is 3.83. The minimum absolute atomic E-state index is 0.356. The van der Waals surface area contributed by atoms with Crippen molar-refractivity contribution in [3.8, 4) is 0 Å². The summed E-state index contributed by atoms with van der Waals surface area (Å²) in [7, 11) is 1.95. The molecule has 2 rings (SSSR count). The number of hydrogen-bond donors (Lipinski definition) is 2. The lowest BCUT2D eigenvalue weighted by atomic mass is 10.4. The molecule has 0 saturated carbocycles. The number of aromatic nitrogens is 3.